The number of H-pyrrole nitrogens is 1. The number of nitrogens with zero attached hydrogens (tertiary/aromatic N) is 1. The molecule has 2 aliphatic heterocycles. The van der Waals surface area contributed by atoms with Crippen molar-refractivity contribution in [1.29, 1.82) is 0 Å². The number of hydrogen-bond donors (Lipinski definition) is 3. The van der Waals surface area contributed by atoms with Gasteiger partial charge < -0.3 is 24.8 Å². The maximum Gasteiger partial charge on any atom is 0.261 e. The van der Waals surface area contributed by atoms with Crippen LogP contribution >= 0.6 is 0 Å². The van der Waals surface area contributed by atoms with Crippen molar-refractivity contribution in [2.24, 2.45) is 0 Å². The topological polar surface area (TPSA) is 103 Å². The Kier molecular flexibility index (Phi) is 4.99. The summed E-state index contributed by atoms with van der Waals surface area (Å²) in [6, 6.07) is 3.35. The maximum atomic E-state index is 12.7. The first kappa shape index (κ1) is 18.1. The molecular weight excluding hydrogens is 324 g/mol. The molecule has 1 spiro atoms. The number of amides is 1. The molecule has 3 heterocycles. The summed E-state index contributed by atoms with van der Waals surface area (Å²) in [6.07, 6.45) is -0.421. The van der Waals surface area contributed by atoms with Crippen LogP contribution in [0.5, 0.6) is 0 Å². The number of aromatic nitrogens is 1. The normalized spacial score (nSPS) is 26.2. The van der Waals surface area contributed by atoms with Gasteiger partial charge in [-0.25, -0.2) is 0 Å². The van der Waals surface area contributed by atoms with Crippen LogP contribution in [0.3, 0.4) is 0 Å². The SMILES string of the molecule is CC(C)c1ccc(C(=O)N2CCC3(CC2)OCC[C@H](O)[C@@H]3O)c(=O)[nH]1. The molecule has 1 aromatic rings. The lowest BCUT2D eigenvalue weighted by Crippen LogP contribution is -2.60. The van der Waals surface area contributed by atoms with Gasteiger partial charge in [-0.05, 0) is 37.3 Å². The number of nitrogens with one attached hydrogen (secondary N) is 1. The molecule has 2 atom stereocenters. The number of likely N-dealkylation sites (tertiary alicyclic amines) is 1. The number of carbonyl (C=O) groups is 1. The van der Waals surface area contributed by atoms with Gasteiger partial charge in [0.1, 0.15) is 11.7 Å². The van der Waals surface area contributed by atoms with E-state index in [4.69, 9.17) is 4.74 Å². The van der Waals surface area contributed by atoms with Crippen molar-refractivity contribution < 1.29 is 19.7 Å². The molecule has 7 nitrogen and oxygen atoms in total. The van der Waals surface area contributed by atoms with Crippen LogP contribution in [0.4, 0.5) is 0 Å². The monoisotopic (exact) mass is 350 g/mol. The fourth-order valence-corrected chi connectivity index (χ4v) is 3.67. The summed E-state index contributed by atoms with van der Waals surface area (Å²) in [5.74, 6) is -0.125. The average Bonchev–Trinajstić information content (AvgIpc) is 2.59. The number of aromatic amines is 1. The smallest absolute Gasteiger partial charge is 0.261 e. The highest BCUT2D eigenvalue weighted by atomic mass is 16.5. The molecule has 0 bridgehead atoms. The molecular formula is C18H26N2O5. The van der Waals surface area contributed by atoms with Gasteiger partial charge in [0.25, 0.3) is 11.5 Å². The Morgan fingerprint density at radius 2 is 2.00 bits per heavy atom. The lowest BCUT2D eigenvalue weighted by molar-refractivity contribution is -0.212. The second kappa shape index (κ2) is 6.90. The number of aliphatic hydroxyl groups excluding tert-OH is 2. The first-order chi connectivity index (χ1) is 11.8. The lowest BCUT2D eigenvalue weighted by Gasteiger charge is -2.48. The Balaban J connectivity index is 1.71. The van der Waals surface area contributed by atoms with Crippen molar-refractivity contribution in [3.63, 3.8) is 0 Å². The third-order valence-electron chi connectivity index (χ3n) is 5.39. The van der Waals surface area contributed by atoms with Gasteiger partial charge >= 0.3 is 0 Å². The van der Waals surface area contributed by atoms with Crippen LogP contribution in [0.2, 0.25) is 0 Å². The van der Waals surface area contributed by atoms with E-state index in [0.717, 1.165) is 5.69 Å². The zero-order valence-corrected chi connectivity index (χ0v) is 14.7. The van der Waals surface area contributed by atoms with Crippen molar-refractivity contribution >= 4 is 5.91 Å². The van der Waals surface area contributed by atoms with Crippen LogP contribution in [-0.2, 0) is 4.74 Å². The quantitative estimate of drug-likeness (QED) is 0.725. The molecule has 25 heavy (non-hydrogen) atoms. The van der Waals surface area contributed by atoms with E-state index in [9.17, 15) is 19.8 Å². The van der Waals surface area contributed by atoms with Gasteiger partial charge in [0.2, 0.25) is 0 Å². The summed E-state index contributed by atoms with van der Waals surface area (Å²) in [6.45, 7) is 5.12. The third-order valence-corrected chi connectivity index (χ3v) is 5.39. The number of ether oxygens (including phenoxy) is 1. The number of rotatable bonds is 2. The van der Waals surface area contributed by atoms with Gasteiger partial charge in [-0.2, -0.15) is 0 Å². The summed E-state index contributed by atoms with van der Waals surface area (Å²) in [7, 11) is 0. The Morgan fingerprint density at radius 3 is 2.60 bits per heavy atom. The molecule has 0 aliphatic carbocycles. The Labute approximate surface area is 146 Å². The molecule has 2 saturated heterocycles. The standard InChI is InChI=1S/C18H26N2O5/c1-11(2)13-4-3-12(16(23)19-13)17(24)20-8-6-18(7-9-20)15(22)14(21)5-10-25-18/h3-4,11,14-15,21-22H,5-10H2,1-2H3,(H,19,23)/t14-,15-/m0/s1. The lowest BCUT2D eigenvalue weighted by atomic mass is 9.80. The number of pyridine rings is 1. The first-order valence-electron chi connectivity index (χ1n) is 8.86. The molecule has 138 valence electrons. The molecule has 2 fully saturated rings. The molecule has 3 rings (SSSR count). The summed E-state index contributed by atoms with van der Waals surface area (Å²) < 4.78 is 5.77. The summed E-state index contributed by atoms with van der Waals surface area (Å²) in [5.41, 5.74) is -0.235. The Hall–Kier alpha value is -1.70. The Bertz CT molecular complexity index is 691. The summed E-state index contributed by atoms with van der Waals surface area (Å²) >= 11 is 0. The third kappa shape index (κ3) is 3.36. The molecule has 3 N–H and O–H groups in total. The second-order valence-corrected chi connectivity index (χ2v) is 7.32. The van der Waals surface area contributed by atoms with Gasteiger partial charge in [-0.15, -0.1) is 0 Å². The highest BCUT2D eigenvalue weighted by Crippen LogP contribution is 2.35. The molecule has 1 amide bonds. The second-order valence-electron chi connectivity index (χ2n) is 7.32. The van der Waals surface area contributed by atoms with Crippen molar-refractivity contribution in [2.75, 3.05) is 19.7 Å². The van der Waals surface area contributed by atoms with Crippen LogP contribution in [0.15, 0.2) is 16.9 Å². The largest absolute Gasteiger partial charge is 0.390 e. The minimum Gasteiger partial charge on any atom is -0.390 e. The predicted octanol–water partition coefficient (Wildman–Crippen LogP) is 0.615. The van der Waals surface area contributed by atoms with E-state index in [0.29, 0.717) is 39.0 Å². The number of carbonyl (C=O) groups excluding carboxylic acids is 1. The molecule has 0 aromatic carbocycles. The van der Waals surface area contributed by atoms with Crippen LogP contribution in [0.25, 0.3) is 0 Å². The molecule has 1 aromatic heterocycles. The van der Waals surface area contributed by atoms with Crippen LogP contribution in [-0.4, -0.2) is 63.5 Å². The van der Waals surface area contributed by atoms with Gasteiger partial charge in [-0.3, -0.25) is 9.59 Å². The number of aliphatic hydroxyl groups is 2. The van der Waals surface area contributed by atoms with E-state index in [2.05, 4.69) is 4.98 Å². The van der Waals surface area contributed by atoms with Gasteiger partial charge in [0.05, 0.1) is 18.3 Å². The van der Waals surface area contributed by atoms with Crippen molar-refractivity contribution in [3.05, 3.63) is 33.7 Å². The van der Waals surface area contributed by atoms with Gasteiger partial charge in [-0.1, -0.05) is 13.8 Å². The predicted molar refractivity (Wildman–Crippen MR) is 91.6 cm³/mol. The van der Waals surface area contributed by atoms with E-state index >= 15 is 0 Å². The van der Waals surface area contributed by atoms with E-state index < -0.39 is 17.8 Å². The zero-order valence-electron chi connectivity index (χ0n) is 14.7. The maximum absolute atomic E-state index is 12.7. The molecule has 0 saturated carbocycles. The first-order valence-corrected chi connectivity index (χ1v) is 8.86. The minimum absolute atomic E-state index is 0.130. The van der Waals surface area contributed by atoms with Crippen molar-refractivity contribution in [2.45, 2.75) is 56.8 Å². The fourth-order valence-electron chi connectivity index (χ4n) is 3.67. The highest BCUT2D eigenvalue weighted by molar-refractivity contribution is 5.93. The van der Waals surface area contributed by atoms with Crippen LogP contribution < -0.4 is 5.56 Å². The van der Waals surface area contributed by atoms with E-state index in [1.165, 1.54) is 0 Å². The minimum atomic E-state index is -0.938. The molecule has 7 heteroatoms. The molecule has 0 radical (unpaired) electrons. The average molecular weight is 350 g/mol. The summed E-state index contributed by atoms with van der Waals surface area (Å²) in [4.78, 5) is 29.3. The molecule has 2 aliphatic rings. The number of piperidine rings is 1. The van der Waals surface area contributed by atoms with E-state index in [1.54, 1.807) is 17.0 Å². The molecule has 0 unspecified atom stereocenters. The van der Waals surface area contributed by atoms with E-state index in [1.807, 2.05) is 13.8 Å². The van der Waals surface area contributed by atoms with Crippen molar-refractivity contribution in [3.8, 4) is 0 Å². The zero-order chi connectivity index (χ0) is 18.2. The highest BCUT2D eigenvalue weighted by Gasteiger charge is 2.48. The Morgan fingerprint density at radius 1 is 1.32 bits per heavy atom. The number of hydrogen-bond acceptors (Lipinski definition) is 5. The summed E-state index contributed by atoms with van der Waals surface area (Å²) in [5, 5.41) is 20.2. The van der Waals surface area contributed by atoms with Gasteiger partial charge in [0.15, 0.2) is 0 Å². The van der Waals surface area contributed by atoms with Crippen molar-refractivity contribution in [1.82, 2.24) is 9.88 Å². The fraction of sp³-hybridized carbons (Fsp3) is 0.667. The van der Waals surface area contributed by atoms with Crippen LogP contribution in [0, 0.1) is 0 Å². The van der Waals surface area contributed by atoms with E-state index in [-0.39, 0.29) is 22.9 Å². The van der Waals surface area contributed by atoms with Gasteiger partial charge in [0, 0.05) is 18.8 Å². The van der Waals surface area contributed by atoms with Crippen LogP contribution in [0.1, 0.15) is 55.1 Å².